The van der Waals surface area contributed by atoms with E-state index in [1.54, 1.807) is 28.8 Å². The average molecular weight is 358 g/mol. The van der Waals surface area contributed by atoms with Crippen molar-refractivity contribution in [1.29, 1.82) is 0 Å². The van der Waals surface area contributed by atoms with Gasteiger partial charge in [0, 0.05) is 22.0 Å². The summed E-state index contributed by atoms with van der Waals surface area (Å²) in [4.78, 5) is 28.0. The number of thiophene rings is 1. The summed E-state index contributed by atoms with van der Waals surface area (Å²) in [5.74, 6) is -0.993. The third kappa shape index (κ3) is 4.06. The Bertz CT molecular complexity index is 839. The molecule has 0 saturated heterocycles. The first-order valence-corrected chi connectivity index (χ1v) is 8.96. The molecule has 24 heavy (non-hydrogen) atoms. The third-order valence-corrected chi connectivity index (χ3v) is 4.73. The minimum absolute atomic E-state index is 0.212. The Morgan fingerprint density at radius 2 is 1.96 bits per heavy atom. The molecule has 0 aliphatic rings. The number of benzene rings is 1. The number of ether oxygens (including phenoxy) is 1. The fourth-order valence-corrected chi connectivity index (χ4v) is 3.43. The van der Waals surface area contributed by atoms with Crippen molar-refractivity contribution < 1.29 is 14.3 Å². The van der Waals surface area contributed by atoms with Crippen LogP contribution in [-0.4, -0.2) is 23.5 Å². The molecular formula is C17H14N2O3S2. The summed E-state index contributed by atoms with van der Waals surface area (Å²) in [6, 6.07) is 9.31. The molecule has 2 aromatic heterocycles. The second-order valence-corrected chi connectivity index (χ2v) is 6.68. The van der Waals surface area contributed by atoms with Crippen LogP contribution < -0.4 is 5.32 Å². The van der Waals surface area contributed by atoms with Gasteiger partial charge in [-0.15, -0.1) is 11.3 Å². The van der Waals surface area contributed by atoms with E-state index < -0.39 is 5.97 Å². The van der Waals surface area contributed by atoms with E-state index in [9.17, 15) is 9.59 Å². The fraction of sp³-hybridized carbons (Fsp3) is 0.118. The standard InChI is InChI=1S/C17H14N2O3S2/c1-11-2-4-13(5-3-11)18-15(20)8-22-17(21)14-10-24-16(19-14)12-6-7-23-9-12/h2-7,9-10H,8H2,1H3,(H,18,20). The molecule has 1 amide bonds. The van der Waals surface area contributed by atoms with E-state index in [0.717, 1.165) is 16.1 Å². The maximum absolute atomic E-state index is 12.0. The van der Waals surface area contributed by atoms with Crippen molar-refractivity contribution >= 4 is 40.2 Å². The second kappa shape index (κ2) is 7.37. The average Bonchev–Trinajstić information content (AvgIpc) is 3.25. The molecule has 3 aromatic rings. The number of carbonyl (C=O) groups is 2. The molecule has 0 radical (unpaired) electrons. The van der Waals surface area contributed by atoms with Crippen LogP contribution >= 0.6 is 22.7 Å². The molecule has 1 N–H and O–H groups in total. The highest BCUT2D eigenvalue weighted by molar-refractivity contribution is 7.14. The first-order valence-electron chi connectivity index (χ1n) is 7.13. The Kier molecular flexibility index (Phi) is 5.02. The summed E-state index contributed by atoms with van der Waals surface area (Å²) in [5.41, 5.74) is 2.95. The number of amides is 1. The van der Waals surface area contributed by atoms with Gasteiger partial charge >= 0.3 is 5.97 Å². The number of thiazole rings is 1. The number of hydrogen-bond donors (Lipinski definition) is 1. The quantitative estimate of drug-likeness (QED) is 0.701. The van der Waals surface area contributed by atoms with Crippen LogP contribution in [0.15, 0.2) is 46.5 Å². The van der Waals surface area contributed by atoms with E-state index in [2.05, 4.69) is 10.3 Å². The van der Waals surface area contributed by atoms with Crippen molar-refractivity contribution in [3.05, 3.63) is 57.7 Å². The molecule has 3 rings (SSSR count). The Balaban J connectivity index is 1.53. The molecule has 0 spiro atoms. The molecule has 0 bridgehead atoms. The topological polar surface area (TPSA) is 68.3 Å². The number of carbonyl (C=O) groups excluding carboxylic acids is 2. The summed E-state index contributed by atoms with van der Waals surface area (Å²) < 4.78 is 5.01. The Morgan fingerprint density at radius 3 is 2.67 bits per heavy atom. The first kappa shape index (κ1) is 16.4. The van der Waals surface area contributed by atoms with Crippen LogP contribution in [0.4, 0.5) is 5.69 Å². The van der Waals surface area contributed by atoms with Gasteiger partial charge in [-0.3, -0.25) is 4.79 Å². The number of nitrogens with one attached hydrogen (secondary N) is 1. The van der Waals surface area contributed by atoms with Crippen molar-refractivity contribution in [2.75, 3.05) is 11.9 Å². The van der Waals surface area contributed by atoms with Crippen LogP contribution in [0, 0.1) is 6.92 Å². The lowest BCUT2D eigenvalue weighted by Crippen LogP contribution is -2.21. The highest BCUT2D eigenvalue weighted by Crippen LogP contribution is 2.25. The molecule has 122 valence electrons. The smallest absolute Gasteiger partial charge is 0.358 e. The van der Waals surface area contributed by atoms with Gasteiger partial charge < -0.3 is 10.1 Å². The van der Waals surface area contributed by atoms with E-state index >= 15 is 0 Å². The van der Waals surface area contributed by atoms with Crippen LogP contribution in [0.3, 0.4) is 0 Å². The molecule has 0 saturated carbocycles. The highest BCUT2D eigenvalue weighted by atomic mass is 32.1. The summed E-state index contributed by atoms with van der Waals surface area (Å²) in [6.07, 6.45) is 0. The lowest BCUT2D eigenvalue weighted by atomic mass is 10.2. The van der Waals surface area contributed by atoms with Crippen LogP contribution in [0.5, 0.6) is 0 Å². The largest absolute Gasteiger partial charge is 0.451 e. The normalized spacial score (nSPS) is 10.4. The number of nitrogens with zero attached hydrogens (tertiary/aromatic N) is 1. The van der Waals surface area contributed by atoms with Gasteiger partial charge in [0.15, 0.2) is 12.3 Å². The molecule has 1 aromatic carbocycles. The summed E-state index contributed by atoms with van der Waals surface area (Å²) in [5, 5.41) is 8.97. The van der Waals surface area contributed by atoms with Crippen LogP contribution in [0.25, 0.3) is 10.6 Å². The third-order valence-electron chi connectivity index (χ3n) is 3.15. The SMILES string of the molecule is Cc1ccc(NC(=O)COC(=O)c2csc(-c3ccsc3)n2)cc1. The number of esters is 1. The molecule has 0 fully saturated rings. The number of anilines is 1. The number of aromatic nitrogens is 1. The molecular weight excluding hydrogens is 344 g/mol. The Labute approximate surface area is 146 Å². The van der Waals surface area contributed by atoms with Gasteiger partial charge in [0.05, 0.1) is 0 Å². The predicted octanol–water partition coefficient (Wildman–Crippen LogP) is 3.98. The minimum atomic E-state index is -0.605. The van der Waals surface area contributed by atoms with Gasteiger partial charge in [-0.25, -0.2) is 9.78 Å². The van der Waals surface area contributed by atoms with Gasteiger partial charge in [-0.05, 0) is 30.5 Å². The van der Waals surface area contributed by atoms with Gasteiger partial charge in [-0.1, -0.05) is 17.7 Å². The maximum atomic E-state index is 12.0. The van der Waals surface area contributed by atoms with E-state index in [4.69, 9.17) is 4.74 Å². The van der Waals surface area contributed by atoms with Crippen LogP contribution in [-0.2, 0) is 9.53 Å². The van der Waals surface area contributed by atoms with Gasteiger partial charge in [0.1, 0.15) is 5.01 Å². The van der Waals surface area contributed by atoms with Crippen molar-refractivity contribution in [1.82, 2.24) is 4.98 Å². The van der Waals surface area contributed by atoms with E-state index in [1.807, 2.05) is 35.9 Å². The lowest BCUT2D eigenvalue weighted by molar-refractivity contribution is -0.119. The monoisotopic (exact) mass is 358 g/mol. The van der Waals surface area contributed by atoms with Gasteiger partial charge in [0.25, 0.3) is 5.91 Å². The second-order valence-electron chi connectivity index (χ2n) is 5.04. The molecule has 2 heterocycles. The zero-order chi connectivity index (χ0) is 16.9. The fourth-order valence-electron chi connectivity index (χ4n) is 1.93. The Hall–Kier alpha value is -2.51. The van der Waals surface area contributed by atoms with Crippen molar-refractivity contribution in [2.45, 2.75) is 6.92 Å². The number of aryl methyl sites for hydroxylation is 1. The molecule has 7 heteroatoms. The van der Waals surface area contributed by atoms with Gasteiger partial charge in [0.2, 0.25) is 0 Å². The maximum Gasteiger partial charge on any atom is 0.358 e. The molecule has 0 atom stereocenters. The predicted molar refractivity (Wildman–Crippen MR) is 95.5 cm³/mol. The molecule has 0 unspecified atom stereocenters. The number of rotatable bonds is 5. The van der Waals surface area contributed by atoms with E-state index in [1.165, 1.54) is 11.3 Å². The van der Waals surface area contributed by atoms with Crippen LogP contribution in [0.2, 0.25) is 0 Å². The molecule has 0 aliphatic heterocycles. The summed E-state index contributed by atoms with van der Waals surface area (Å²) in [6.45, 7) is 1.61. The summed E-state index contributed by atoms with van der Waals surface area (Å²) >= 11 is 2.93. The molecule has 0 aliphatic carbocycles. The summed E-state index contributed by atoms with van der Waals surface area (Å²) in [7, 11) is 0. The van der Waals surface area contributed by atoms with Gasteiger partial charge in [-0.2, -0.15) is 11.3 Å². The van der Waals surface area contributed by atoms with E-state index in [0.29, 0.717) is 5.69 Å². The van der Waals surface area contributed by atoms with Crippen molar-refractivity contribution in [2.24, 2.45) is 0 Å². The Morgan fingerprint density at radius 1 is 1.17 bits per heavy atom. The zero-order valence-corrected chi connectivity index (χ0v) is 14.4. The molecule has 5 nitrogen and oxygen atoms in total. The van der Waals surface area contributed by atoms with Crippen molar-refractivity contribution in [3.8, 4) is 10.6 Å². The number of hydrogen-bond acceptors (Lipinski definition) is 6. The minimum Gasteiger partial charge on any atom is -0.451 e. The van der Waals surface area contributed by atoms with Crippen molar-refractivity contribution in [3.63, 3.8) is 0 Å². The van der Waals surface area contributed by atoms with Crippen LogP contribution in [0.1, 0.15) is 16.1 Å². The van der Waals surface area contributed by atoms with E-state index in [-0.39, 0.29) is 18.2 Å². The lowest BCUT2D eigenvalue weighted by Gasteiger charge is -2.06. The zero-order valence-electron chi connectivity index (χ0n) is 12.8. The first-order chi connectivity index (χ1) is 11.6. The highest BCUT2D eigenvalue weighted by Gasteiger charge is 2.15.